The van der Waals surface area contributed by atoms with E-state index < -0.39 is 17.7 Å². The topological polar surface area (TPSA) is 79.3 Å². The number of benzene rings is 2. The van der Waals surface area contributed by atoms with Crippen molar-refractivity contribution in [2.24, 2.45) is 0 Å². The van der Waals surface area contributed by atoms with Gasteiger partial charge in [-0.1, -0.05) is 37.4 Å². The Morgan fingerprint density at radius 3 is 2.33 bits per heavy atom. The van der Waals surface area contributed by atoms with Crippen LogP contribution in [-0.2, 0) is 9.59 Å². The summed E-state index contributed by atoms with van der Waals surface area (Å²) in [7, 11) is 3.91. The van der Waals surface area contributed by atoms with E-state index in [1.54, 1.807) is 47.4 Å². The van der Waals surface area contributed by atoms with Crippen LogP contribution in [0.1, 0.15) is 29.2 Å². The van der Waals surface area contributed by atoms with Crippen molar-refractivity contribution in [3.05, 3.63) is 90.0 Å². The van der Waals surface area contributed by atoms with E-state index in [1.807, 2.05) is 38.1 Å². The molecule has 2 aromatic rings. The van der Waals surface area contributed by atoms with Gasteiger partial charge in [-0.25, -0.2) is 0 Å². The normalized spacial score (nSPS) is 16.9. The smallest absolute Gasteiger partial charge is 0.295 e. The monoisotopic (exact) mass is 490 g/mol. The van der Waals surface area contributed by atoms with Crippen molar-refractivity contribution < 1.29 is 24.2 Å². The molecule has 0 radical (unpaired) electrons. The number of hydrogen-bond donors (Lipinski definition) is 1. The van der Waals surface area contributed by atoms with Gasteiger partial charge in [0.05, 0.1) is 11.6 Å². The van der Waals surface area contributed by atoms with Crippen LogP contribution >= 0.6 is 0 Å². The van der Waals surface area contributed by atoms with E-state index in [1.165, 1.54) is 0 Å². The predicted molar refractivity (Wildman–Crippen MR) is 141 cm³/mol. The minimum Gasteiger partial charge on any atom is -0.507 e. The maximum Gasteiger partial charge on any atom is 0.295 e. The van der Waals surface area contributed by atoms with E-state index in [-0.39, 0.29) is 11.3 Å². The highest BCUT2D eigenvalue weighted by Gasteiger charge is 2.45. The molecule has 0 saturated carbocycles. The fraction of sp³-hybridized carbons (Fsp3) is 0.310. The first-order valence-electron chi connectivity index (χ1n) is 11.9. The zero-order valence-corrected chi connectivity index (χ0v) is 21.2. The van der Waals surface area contributed by atoms with E-state index in [2.05, 4.69) is 13.2 Å². The van der Waals surface area contributed by atoms with Crippen molar-refractivity contribution in [1.82, 2.24) is 9.80 Å². The van der Waals surface area contributed by atoms with Gasteiger partial charge in [0.25, 0.3) is 11.7 Å². The highest BCUT2D eigenvalue weighted by Crippen LogP contribution is 2.40. The third-order valence-corrected chi connectivity index (χ3v) is 5.91. The summed E-state index contributed by atoms with van der Waals surface area (Å²) in [6.45, 7) is 11.0. The van der Waals surface area contributed by atoms with Crippen LogP contribution < -0.4 is 9.47 Å². The number of rotatable bonds is 12. The van der Waals surface area contributed by atoms with Gasteiger partial charge in [0.1, 0.15) is 30.5 Å². The van der Waals surface area contributed by atoms with Gasteiger partial charge in [-0.05, 0) is 75.4 Å². The van der Waals surface area contributed by atoms with Crippen LogP contribution in [-0.4, -0.2) is 67.0 Å². The Kier molecular flexibility index (Phi) is 9.08. The molecule has 1 saturated heterocycles. The molecule has 1 aliphatic heterocycles. The second-order valence-corrected chi connectivity index (χ2v) is 8.90. The van der Waals surface area contributed by atoms with Gasteiger partial charge in [0.15, 0.2) is 0 Å². The van der Waals surface area contributed by atoms with Crippen LogP contribution in [0.15, 0.2) is 73.3 Å². The number of amides is 1. The van der Waals surface area contributed by atoms with Gasteiger partial charge >= 0.3 is 0 Å². The Bertz CT molecular complexity index is 1150. The van der Waals surface area contributed by atoms with E-state index in [9.17, 15) is 14.7 Å². The highest BCUT2D eigenvalue weighted by molar-refractivity contribution is 6.46. The van der Waals surface area contributed by atoms with Crippen LogP contribution in [0.2, 0.25) is 0 Å². The van der Waals surface area contributed by atoms with E-state index in [0.717, 1.165) is 12.1 Å². The molecule has 3 rings (SSSR count). The molecule has 0 unspecified atom stereocenters. The van der Waals surface area contributed by atoms with Crippen molar-refractivity contribution in [2.75, 3.05) is 40.4 Å². The van der Waals surface area contributed by atoms with Crippen molar-refractivity contribution in [2.45, 2.75) is 19.4 Å². The molecular formula is C29H34N2O5. The summed E-state index contributed by atoms with van der Waals surface area (Å²) in [5.41, 5.74) is 2.03. The van der Waals surface area contributed by atoms with Crippen molar-refractivity contribution >= 4 is 17.4 Å². The average Bonchev–Trinajstić information content (AvgIpc) is 3.11. The van der Waals surface area contributed by atoms with E-state index >= 15 is 0 Å². The Morgan fingerprint density at radius 2 is 1.72 bits per heavy atom. The second-order valence-electron chi connectivity index (χ2n) is 8.90. The van der Waals surface area contributed by atoms with E-state index in [0.29, 0.717) is 48.8 Å². The highest BCUT2D eigenvalue weighted by atomic mass is 16.5. The third kappa shape index (κ3) is 6.04. The number of carbonyl (C=O) groups is 2. The Balaban J connectivity index is 2.04. The average molecular weight is 491 g/mol. The fourth-order valence-electron chi connectivity index (χ4n) is 4.18. The number of Topliss-reactive ketones (excluding diaryl/α,β-unsaturated/α-hetero) is 1. The molecule has 1 heterocycles. The Hall–Kier alpha value is -3.84. The molecule has 36 heavy (non-hydrogen) atoms. The SMILES string of the molecule is C=CCOc1ccc([C@H]2C(=C(O)c3ccc(OCC=C)c(C)c3)C(=O)C(=O)N2CCCN(C)C)cc1. The summed E-state index contributed by atoms with van der Waals surface area (Å²) in [5, 5.41) is 11.3. The summed E-state index contributed by atoms with van der Waals surface area (Å²) in [6, 6.07) is 11.7. The van der Waals surface area contributed by atoms with Gasteiger partial charge in [-0.3, -0.25) is 9.59 Å². The molecule has 190 valence electrons. The Labute approximate surface area is 212 Å². The quantitative estimate of drug-likeness (QED) is 0.204. The van der Waals surface area contributed by atoms with Crippen molar-refractivity contribution in [3.8, 4) is 11.5 Å². The lowest BCUT2D eigenvalue weighted by Crippen LogP contribution is -2.32. The van der Waals surface area contributed by atoms with Crippen LogP contribution in [0, 0.1) is 6.92 Å². The minimum absolute atomic E-state index is 0.0729. The van der Waals surface area contributed by atoms with Gasteiger partial charge < -0.3 is 24.4 Å². The lowest BCUT2D eigenvalue weighted by Gasteiger charge is -2.26. The Morgan fingerprint density at radius 1 is 1.06 bits per heavy atom. The molecule has 1 amide bonds. The first-order chi connectivity index (χ1) is 17.3. The van der Waals surface area contributed by atoms with Crippen LogP contribution in [0.25, 0.3) is 5.76 Å². The first-order valence-corrected chi connectivity index (χ1v) is 11.9. The standard InChI is InChI=1S/C29H34N2O5/c1-6-17-35-23-12-9-21(10-13-23)26-25(28(33)29(34)31(26)16-8-15-30(4)5)27(32)22-11-14-24(20(3)19-22)36-18-7-2/h6-7,9-14,19,26,32H,1-2,8,15-18H2,3-5H3/t26-/m0/s1. The van der Waals surface area contributed by atoms with Crippen LogP contribution in [0.5, 0.6) is 11.5 Å². The predicted octanol–water partition coefficient (Wildman–Crippen LogP) is 4.50. The molecule has 2 aromatic carbocycles. The summed E-state index contributed by atoms with van der Waals surface area (Å²) < 4.78 is 11.2. The lowest BCUT2D eigenvalue weighted by molar-refractivity contribution is -0.139. The first kappa shape index (κ1) is 26.8. The maximum absolute atomic E-state index is 13.2. The van der Waals surface area contributed by atoms with Crippen LogP contribution in [0.4, 0.5) is 0 Å². The number of aryl methyl sites for hydroxylation is 1. The number of nitrogens with zero attached hydrogens (tertiary/aromatic N) is 2. The van der Waals surface area contributed by atoms with Gasteiger partial charge in [-0.2, -0.15) is 0 Å². The number of aliphatic hydroxyl groups excluding tert-OH is 1. The number of carbonyl (C=O) groups excluding carboxylic acids is 2. The summed E-state index contributed by atoms with van der Waals surface area (Å²) in [6.07, 6.45) is 3.99. The number of ketones is 1. The number of ether oxygens (including phenoxy) is 2. The molecule has 1 N–H and O–H groups in total. The fourth-order valence-corrected chi connectivity index (χ4v) is 4.18. The van der Waals surface area contributed by atoms with Gasteiger partial charge in [0.2, 0.25) is 0 Å². The molecule has 1 fully saturated rings. The van der Waals surface area contributed by atoms with Crippen molar-refractivity contribution in [1.29, 1.82) is 0 Å². The third-order valence-electron chi connectivity index (χ3n) is 5.91. The molecule has 1 aliphatic rings. The molecule has 7 heteroatoms. The largest absolute Gasteiger partial charge is 0.507 e. The van der Waals surface area contributed by atoms with Gasteiger partial charge in [-0.15, -0.1) is 0 Å². The molecule has 7 nitrogen and oxygen atoms in total. The number of likely N-dealkylation sites (tertiary alicyclic amines) is 1. The molecule has 0 spiro atoms. The maximum atomic E-state index is 13.2. The zero-order valence-electron chi connectivity index (χ0n) is 21.2. The summed E-state index contributed by atoms with van der Waals surface area (Å²) in [4.78, 5) is 29.9. The lowest BCUT2D eigenvalue weighted by atomic mass is 9.94. The molecule has 0 bridgehead atoms. The van der Waals surface area contributed by atoms with E-state index in [4.69, 9.17) is 9.47 Å². The zero-order chi connectivity index (χ0) is 26.2. The number of hydrogen-bond acceptors (Lipinski definition) is 6. The summed E-state index contributed by atoms with van der Waals surface area (Å²) in [5.74, 6) is -0.219. The molecule has 1 atom stereocenters. The van der Waals surface area contributed by atoms with Gasteiger partial charge in [0, 0.05) is 12.1 Å². The summed E-state index contributed by atoms with van der Waals surface area (Å²) >= 11 is 0. The second kappa shape index (κ2) is 12.2. The van der Waals surface area contributed by atoms with Crippen molar-refractivity contribution in [3.63, 3.8) is 0 Å². The minimum atomic E-state index is -0.711. The number of aliphatic hydroxyl groups is 1. The van der Waals surface area contributed by atoms with Crippen LogP contribution in [0.3, 0.4) is 0 Å². The molecular weight excluding hydrogens is 456 g/mol. The molecule has 0 aliphatic carbocycles. The molecule has 0 aromatic heterocycles.